The van der Waals surface area contributed by atoms with Crippen molar-refractivity contribution in [2.75, 3.05) is 0 Å². The topological polar surface area (TPSA) is 37.3 Å². The zero-order chi connectivity index (χ0) is 11.7. The highest BCUT2D eigenvalue weighted by atomic mass is 19.4. The molecule has 0 fully saturated rings. The molecule has 0 aromatic heterocycles. The Balaban J connectivity index is 5.48. The summed E-state index contributed by atoms with van der Waals surface area (Å²) < 4.78 is 81.4. The first-order chi connectivity index (χ1) is 6.01. The van der Waals surface area contributed by atoms with E-state index in [1.807, 2.05) is 0 Å². The standard InChI is InChI=1S/C5HF7O2/c6-2(7)1(3(13)14)4(8,9)5(10,11)12/h(H,13,14). The van der Waals surface area contributed by atoms with Crippen molar-refractivity contribution in [3.8, 4) is 0 Å². The van der Waals surface area contributed by atoms with Crippen molar-refractivity contribution in [3.05, 3.63) is 11.7 Å². The summed E-state index contributed by atoms with van der Waals surface area (Å²) in [6.07, 6.45) is -9.95. The molecule has 82 valence electrons. The fourth-order valence-corrected chi connectivity index (χ4v) is 0.476. The van der Waals surface area contributed by atoms with E-state index in [1.165, 1.54) is 0 Å². The molecule has 0 rings (SSSR count). The molecule has 14 heavy (non-hydrogen) atoms. The number of rotatable bonds is 2. The third-order valence-corrected chi connectivity index (χ3v) is 1.07. The SMILES string of the molecule is O=C(O)C(=C(F)F)C(F)(F)C(F)(F)F. The molecule has 0 aliphatic heterocycles. The Bertz CT molecular complexity index is 272. The van der Waals surface area contributed by atoms with Gasteiger partial charge >= 0.3 is 18.1 Å². The Morgan fingerprint density at radius 1 is 1.00 bits per heavy atom. The van der Waals surface area contributed by atoms with Gasteiger partial charge in [-0.1, -0.05) is 0 Å². The Morgan fingerprint density at radius 3 is 1.43 bits per heavy atom. The molecule has 0 unspecified atom stereocenters. The van der Waals surface area contributed by atoms with Crippen molar-refractivity contribution in [2.45, 2.75) is 12.1 Å². The Labute approximate surface area is 71.6 Å². The normalized spacial score (nSPS) is 12.5. The number of halogens is 7. The minimum absolute atomic E-state index is 3.02. The van der Waals surface area contributed by atoms with E-state index in [9.17, 15) is 35.5 Å². The maximum atomic E-state index is 12.1. The molecule has 2 nitrogen and oxygen atoms in total. The van der Waals surface area contributed by atoms with Crippen LogP contribution in [0.15, 0.2) is 11.7 Å². The third-order valence-electron chi connectivity index (χ3n) is 1.07. The number of hydrogen-bond acceptors (Lipinski definition) is 1. The van der Waals surface area contributed by atoms with Crippen LogP contribution >= 0.6 is 0 Å². The van der Waals surface area contributed by atoms with E-state index in [4.69, 9.17) is 5.11 Å². The van der Waals surface area contributed by atoms with Gasteiger partial charge in [0.15, 0.2) is 5.57 Å². The van der Waals surface area contributed by atoms with Crippen LogP contribution in [0.2, 0.25) is 0 Å². The van der Waals surface area contributed by atoms with Gasteiger partial charge < -0.3 is 5.11 Å². The lowest BCUT2D eigenvalue weighted by molar-refractivity contribution is -0.266. The van der Waals surface area contributed by atoms with Gasteiger partial charge in [-0.05, 0) is 0 Å². The molecule has 0 bridgehead atoms. The summed E-state index contributed by atoms with van der Waals surface area (Å²) in [5, 5.41) is 7.72. The van der Waals surface area contributed by atoms with Crippen molar-refractivity contribution in [1.29, 1.82) is 0 Å². The summed E-state index contributed by atoms with van der Waals surface area (Å²) in [5.74, 6) is -9.09. The van der Waals surface area contributed by atoms with E-state index >= 15 is 0 Å². The largest absolute Gasteiger partial charge is 0.478 e. The lowest BCUT2D eigenvalue weighted by Gasteiger charge is -2.18. The Morgan fingerprint density at radius 2 is 1.36 bits per heavy atom. The first-order valence-corrected chi connectivity index (χ1v) is 2.75. The Hall–Kier alpha value is -1.28. The van der Waals surface area contributed by atoms with Crippen LogP contribution < -0.4 is 0 Å². The molecule has 0 amide bonds. The van der Waals surface area contributed by atoms with Crippen LogP contribution in [0.1, 0.15) is 0 Å². The maximum Gasteiger partial charge on any atom is 0.458 e. The van der Waals surface area contributed by atoms with Gasteiger partial charge in [0.2, 0.25) is 0 Å². The summed E-state index contributed by atoms with van der Waals surface area (Å²) in [4.78, 5) is 9.72. The zero-order valence-electron chi connectivity index (χ0n) is 6.00. The van der Waals surface area contributed by atoms with Gasteiger partial charge in [-0.15, -0.1) is 0 Å². The quantitative estimate of drug-likeness (QED) is 0.579. The predicted octanol–water partition coefficient (Wildman–Crippen LogP) is 2.42. The third kappa shape index (κ3) is 2.15. The van der Waals surface area contributed by atoms with E-state index in [2.05, 4.69) is 0 Å². The second-order valence-electron chi connectivity index (χ2n) is 2.01. The average molecular weight is 226 g/mol. The van der Waals surface area contributed by atoms with Gasteiger partial charge in [-0.3, -0.25) is 0 Å². The second-order valence-corrected chi connectivity index (χ2v) is 2.01. The molecule has 0 saturated heterocycles. The fourth-order valence-electron chi connectivity index (χ4n) is 0.476. The molecule has 0 saturated carbocycles. The summed E-state index contributed by atoms with van der Waals surface area (Å²) >= 11 is 0. The number of aliphatic carboxylic acids is 1. The molecule has 0 aliphatic carbocycles. The lowest BCUT2D eigenvalue weighted by atomic mass is 10.1. The van der Waals surface area contributed by atoms with E-state index in [0.717, 1.165) is 0 Å². The predicted molar refractivity (Wildman–Crippen MR) is 27.9 cm³/mol. The monoisotopic (exact) mass is 226 g/mol. The molecular weight excluding hydrogens is 225 g/mol. The van der Waals surface area contributed by atoms with Gasteiger partial charge in [-0.25, -0.2) is 4.79 Å². The smallest absolute Gasteiger partial charge is 0.458 e. The first-order valence-electron chi connectivity index (χ1n) is 2.75. The first kappa shape index (κ1) is 12.7. The van der Waals surface area contributed by atoms with E-state index in [1.54, 1.807) is 0 Å². The van der Waals surface area contributed by atoms with Crippen LogP contribution in [0.3, 0.4) is 0 Å². The van der Waals surface area contributed by atoms with Crippen LogP contribution in [0, 0.1) is 0 Å². The summed E-state index contributed by atoms with van der Waals surface area (Å²) in [5.41, 5.74) is -3.26. The molecular formula is C5HF7O2. The van der Waals surface area contributed by atoms with Crippen LogP contribution in [0.4, 0.5) is 30.7 Å². The minimum Gasteiger partial charge on any atom is -0.478 e. The zero-order valence-corrected chi connectivity index (χ0v) is 6.00. The van der Waals surface area contributed by atoms with Gasteiger partial charge in [0.1, 0.15) is 0 Å². The summed E-state index contributed by atoms with van der Waals surface area (Å²) in [6, 6.07) is 0. The molecule has 1 N–H and O–H groups in total. The minimum atomic E-state index is -6.37. The van der Waals surface area contributed by atoms with Gasteiger partial charge in [0.05, 0.1) is 0 Å². The fraction of sp³-hybridized carbons (Fsp3) is 0.400. The highest BCUT2D eigenvalue weighted by Crippen LogP contribution is 2.42. The molecule has 0 spiro atoms. The number of carboxylic acids is 1. The van der Waals surface area contributed by atoms with Crippen molar-refractivity contribution >= 4 is 5.97 Å². The number of carboxylic acid groups (broad SMARTS) is 1. The van der Waals surface area contributed by atoms with Gasteiger partial charge in [-0.2, -0.15) is 30.7 Å². The van der Waals surface area contributed by atoms with Gasteiger partial charge in [0, 0.05) is 0 Å². The number of carbonyl (C=O) groups is 1. The van der Waals surface area contributed by atoms with Crippen LogP contribution in [-0.4, -0.2) is 23.2 Å². The summed E-state index contributed by atoms with van der Waals surface area (Å²) in [7, 11) is 0. The van der Waals surface area contributed by atoms with Crippen molar-refractivity contribution in [2.24, 2.45) is 0 Å². The van der Waals surface area contributed by atoms with Crippen LogP contribution in [0.25, 0.3) is 0 Å². The lowest BCUT2D eigenvalue weighted by Crippen LogP contribution is -2.41. The highest BCUT2D eigenvalue weighted by molar-refractivity contribution is 5.89. The van der Waals surface area contributed by atoms with Gasteiger partial charge in [0.25, 0.3) is 6.08 Å². The maximum absolute atomic E-state index is 12.1. The molecule has 0 radical (unpaired) electrons. The second kappa shape index (κ2) is 3.46. The van der Waals surface area contributed by atoms with Crippen molar-refractivity contribution in [3.63, 3.8) is 0 Å². The molecule has 0 heterocycles. The number of hydrogen-bond donors (Lipinski definition) is 1. The molecule has 0 aromatic carbocycles. The highest BCUT2D eigenvalue weighted by Gasteiger charge is 2.64. The van der Waals surface area contributed by atoms with Crippen LogP contribution in [0.5, 0.6) is 0 Å². The number of alkyl halides is 5. The van der Waals surface area contributed by atoms with E-state index in [0.29, 0.717) is 0 Å². The van der Waals surface area contributed by atoms with E-state index in [-0.39, 0.29) is 0 Å². The molecule has 0 aromatic rings. The Kier molecular flexibility index (Phi) is 3.15. The average Bonchev–Trinajstić information content (AvgIpc) is 1.79. The summed E-state index contributed by atoms with van der Waals surface area (Å²) in [6.45, 7) is 0. The molecule has 0 atom stereocenters. The molecule has 9 heteroatoms. The van der Waals surface area contributed by atoms with E-state index < -0.39 is 29.7 Å². The van der Waals surface area contributed by atoms with Crippen LogP contribution in [-0.2, 0) is 4.79 Å². The van der Waals surface area contributed by atoms with Crippen molar-refractivity contribution < 1.29 is 40.6 Å². The molecule has 0 aliphatic rings. The van der Waals surface area contributed by atoms with Crippen molar-refractivity contribution in [1.82, 2.24) is 0 Å².